The number of benzene rings is 6. The zero-order valence-electron chi connectivity index (χ0n) is 51.9. The van der Waals surface area contributed by atoms with Gasteiger partial charge in [-0.05, 0) is 151 Å². The van der Waals surface area contributed by atoms with E-state index in [1.165, 1.54) is 114 Å². The van der Waals surface area contributed by atoms with Crippen molar-refractivity contribution < 1.29 is 81.1 Å². The van der Waals surface area contributed by atoms with Crippen molar-refractivity contribution in [3.05, 3.63) is 249 Å². The van der Waals surface area contributed by atoms with Crippen LogP contribution in [0.1, 0.15) is 101 Å². The van der Waals surface area contributed by atoms with Crippen molar-refractivity contribution in [3.8, 4) is 34.5 Å². The molecule has 0 saturated carbocycles. The molecule has 6 aromatic carbocycles. The van der Waals surface area contributed by atoms with E-state index in [1.54, 1.807) is 48.6 Å². The zero-order chi connectivity index (χ0) is 66.1. The van der Waals surface area contributed by atoms with Gasteiger partial charge in [0.05, 0.1) is 0 Å². The van der Waals surface area contributed by atoms with E-state index in [4.69, 9.17) is 28.4 Å². The highest BCUT2D eigenvalue weighted by Crippen LogP contribution is 2.27. The van der Waals surface area contributed by atoms with Crippen molar-refractivity contribution in [2.24, 2.45) is 0 Å². The SMILES string of the molecule is C/C=C\COc1ccc(C)c(F)c1F.C/C=C\COc1ccc(C)c(F)c1F.CC/C=C\COc1ccc(C)c(F)c1F.CC/C=C\COc1ccc(C)c(F)c1F.CC/C=C\COc1ccc(C)c(F)c1F.CC/C=C\COc1ccc(C)c(F)c1F. The maximum absolute atomic E-state index is 13.2. The van der Waals surface area contributed by atoms with Gasteiger partial charge in [-0.25, -0.2) is 26.3 Å². The molecule has 0 aromatic heterocycles. The fourth-order valence-corrected chi connectivity index (χ4v) is 6.40. The molecule has 480 valence electrons. The van der Waals surface area contributed by atoms with Gasteiger partial charge in [-0.15, -0.1) is 0 Å². The lowest BCUT2D eigenvalue weighted by molar-refractivity contribution is 0.331. The Hall–Kier alpha value is -8.28. The van der Waals surface area contributed by atoms with Gasteiger partial charge in [0, 0.05) is 0 Å². The summed E-state index contributed by atoms with van der Waals surface area (Å²) in [7, 11) is 0. The van der Waals surface area contributed by atoms with Gasteiger partial charge in [0.1, 0.15) is 39.6 Å². The lowest BCUT2D eigenvalue weighted by Crippen LogP contribution is -1.99. The predicted molar refractivity (Wildman–Crippen MR) is 327 cm³/mol. The molecule has 0 bridgehead atoms. The maximum Gasteiger partial charge on any atom is 0.200 e. The van der Waals surface area contributed by atoms with Gasteiger partial charge < -0.3 is 28.4 Å². The third kappa shape index (κ3) is 28.0. The van der Waals surface area contributed by atoms with Crippen molar-refractivity contribution >= 4 is 0 Å². The number of aryl methyl sites for hydroxylation is 6. The first kappa shape index (κ1) is 77.7. The fraction of sp³-hybridized carbons (Fsp3) is 0.314. The third-order valence-corrected chi connectivity index (χ3v) is 11.5. The summed E-state index contributed by atoms with van der Waals surface area (Å²) in [5, 5.41) is 0. The summed E-state index contributed by atoms with van der Waals surface area (Å²) in [6, 6.07) is 17.6. The highest BCUT2D eigenvalue weighted by molar-refractivity contribution is 5.34. The molecule has 0 N–H and O–H groups in total. The Bertz CT molecular complexity index is 2870. The van der Waals surface area contributed by atoms with E-state index in [0.717, 1.165) is 25.7 Å². The molecular weight excluding hydrogens is 1160 g/mol. The van der Waals surface area contributed by atoms with Gasteiger partial charge in [-0.3, -0.25) is 0 Å². The number of halogens is 12. The van der Waals surface area contributed by atoms with Crippen molar-refractivity contribution in [3.63, 3.8) is 0 Å². The first-order chi connectivity index (χ1) is 42.0. The van der Waals surface area contributed by atoms with Gasteiger partial charge in [0.15, 0.2) is 69.4 Å². The normalized spacial score (nSPS) is 10.9. The van der Waals surface area contributed by atoms with Crippen LogP contribution in [0.5, 0.6) is 34.5 Å². The molecule has 0 aliphatic heterocycles. The number of rotatable bonds is 22. The third-order valence-electron chi connectivity index (χ3n) is 11.5. The predicted octanol–water partition coefficient (Wildman–Crippen LogP) is 20.9. The molecule has 0 aliphatic rings. The Balaban J connectivity index is 0.000000528. The molecule has 0 spiro atoms. The van der Waals surface area contributed by atoms with Gasteiger partial charge in [0.2, 0.25) is 34.9 Å². The number of ether oxygens (including phenoxy) is 6. The monoisotopic (exact) mass is 1240 g/mol. The molecule has 6 nitrogen and oxygen atoms in total. The summed E-state index contributed by atoms with van der Waals surface area (Å²) < 4.78 is 188. The molecule has 0 fully saturated rings. The Morgan fingerprint density at radius 2 is 0.375 bits per heavy atom. The van der Waals surface area contributed by atoms with Crippen LogP contribution in [0.3, 0.4) is 0 Å². The molecule has 0 heterocycles. The van der Waals surface area contributed by atoms with Crippen LogP contribution in [0.2, 0.25) is 0 Å². The molecule has 0 radical (unpaired) electrons. The molecule has 88 heavy (non-hydrogen) atoms. The van der Waals surface area contributed by atoms with Crippen LogP contribution in [0.15, 0.2) is 146 Å². The number of hydrogen-bond donors (Lipinski definition) is 0. The first-order valence-corrected chi connectivity index (χ1v) is 28.3. The van der Waals surface area contributed by atoms with Gasteiger partial charge in [-0.1, -0.05) is 137 Å². The summed E-state index contributed by atoms with van der Waals surface area (Å²) in [5.74, 6) is -10.8. The van der Waals surface area contributed by atoms with Crippen LogP contribution in [0.25, 0.3) is 0 Å². The molecule has 0 unspecified atom stereocenters. The Kier molecular flexibility index (Phi) is 39.0. The second kappa shape index (κ2) is 44.2. The van der Waals surface area contributed by atoms with E-state index < -0.39 is 69.8 Å². The molecule has 0 atom stereocenters. The van der Waals surface area contributed by atoms with Crippen LogP contribution in [0.4, 0.5) is 52.7 Å². The quantitative estimate of drug-likeness (QED) is 0.0499. The molecule has 6 rings (SSSR count). The topological polar surface area (TPSA) is 55.4 Å². The van der Waals surface area contributed by atoms with Gasteiger partial charge in [-0.2, -0.15) is 26.3 Å². The van der Waals surface area contributed by atoms with E-state index in [1.807, 2.05) is 65.8 Å². The second-order valence-electron chi connectivity index (χ2n) is 18.6. The summed E-state index contributed by atoms with van der Waals surface area (Å²) in [6.45, 7) is 22.2. The lowest BCUT2D eigenvalue weighted by atomic mass is 10.2. The highest BCUT2D eigenvalue weighted by Gasteiger charge is 2.16. The van der Waals surface area contributed by atoms with E-state index in [9.17, 15) is 52.7 Å². The molecule has 6 aromatic rings. The minimum absolute atomic E-state index is 0.0427. The van der Waals surface area contributed by atoms with E-state index in [2.05, 4.69) is 0 Å². The summed E-state index contributed by atoms with van der Waals surface area (Å²) in [5.41, 5.74) is 1.68. The minimum atomic E-state index is -0.922. The maximum atomic E-state index is 13.2. The van der Waals surface area contributed by atoms with E-state index in [0.29, 0.717) is 0 Å². The summed E-state index contributed by atoms with van der Waals surface area (Å²) in [6.07, 6.45) is 25.3. The van der Waals surface area contributed by atoms with Crippen LogP contribution in [-0.4, -0.2) is 39.6 Å². The molecule has 0 amide bonds. The summed E-state index contributed by atoms with van der Waals surface area (Å²) in [4.78, 5) is 0. The van der Waals surface area contributed by atoms with E-state index in [-0.39, 0.29) is 108 Å². The van der Waals surface area contributed by atoms with E-state index >= 15 is 0 Å². The Labute approximate surface area is 511 Å². The fourth-order valence-electron chi connectivity index (χ4n) is 6.40. The van der Waals surface area contributed by atoms with Crippen molar-refractivity contribution in [1.29, 1.82) is 0 Å². The average molecular weight is 1250 g/mol. The molecule has 0 aliphatic carbocycles. The zero-order valence-corrected chi connectivity index (χ0v) is 51.9. The Morgan fingerprint density at radius 1 is 0.227 bits per heavy atom. The molecular formula is C70H80F12O6. The second-order valence-corrected chi connectivity index (χ2v) is 18.6. The van der Waals surface area contributed by atoms with Gasteiger partial charge in [0.25, 0.3) is 0 Å². The van der Waals surface area contributed by atoms with Crippen LogP contribution < -0.4 is 28.4 Å². The Morgan fingerprint density at radius 3 is 0.511 bits per heavy atom. The van der Waals surface area contributed by atoms with Crippen molar-refractivity contribution in [2.45, 2.75) is 109 Å². The van der Waals surface area contributed by atoms with Crippen molar-refractivity contribution in [2.75, 3.05) is 39.6 Å². The largest absolute Gasteiger partial charge is 0.486 e. The minimum Gasteiger partial charge on any atom is -0.486 e. The number of hydrogen-bond acceptors (Lipinski definition) is 6. The standard InChI is InChI=1S/4C12H14F2O.2C11H12F2O/c4*1-3-4-5-8-15-10-7-6-9(2)11(13)12(10)14;2*1-3-4-7-14-9-6-5-8(2)10(12)11(9)13/h4*4-7H,3,8H2,1-2H3;2*3-6H,7H2,1-2H3/b4*5-4-;2*4-3-. The molecule has 0 saturated heterocycles. The van der Waals surface area contributed by atoms with Crippen LogP contribution >= 0.6 is 0 Å². The highest BCUT2D eigenvalue weighted by atomic mass is 19.2. The van der Waals surface area contributed by atoms with Crippen LogP contribution in [0, 0.1) is 111 Å². The van der Waals surface area contributed by atoms with Crippen molar-refractivity contribution in [1.82, 2.24) is 0 Å². The molecule has 18 heteroatoms. The van der Waals surface area contributed by atoms with Crippen LogP contribution in [-0.2, 0) is 0 Å². The lowest BCUT2D eigenvalue weighted by Gasteiger charge is -2.06. The summed E-state index contributed by atoms with van der Waals surface area (Å²) >= 11 is 0. The average Bonchev–Trinajstić information content (AvgIpc) is 3.66. The smallest absolute Gasteiger partial charge is 0.200 e. The van der Waals surface area contributed by atoms with Gasteiger partial charge >= 0.3 is 0 Å². The first-order valence-electron chi connectivity index (χ1n) is 28.3. The number of allylic oxidation sites excluding steroid dienone is 6.